The molecule has 0 saturated carbocycles. The van der Waals surface area contributed by atoms with Gasteiger partial charge in [0, 0.05) is 35.2 Å². The summed E-state index contributed by atoms with van der Waals surface area (Å²) in [4.78, 5) is 28.9. The lowest BCUT2D eigenvalue weighted by Gasteiger charge is -2.05. The first-order chi connectivity index (χ1) is 11.0. The molecule has 2 aromatic carbocycles. The Morgan fingerprint density at radius 1 is 0.870 bits per heavy atom. The number of benzene rings is 2. The highest BCUT2D eigenvalue weighted by atomic mass is 16.6. The Hall–Kier alpha value is -3.62. The van der Waals surface area contributed by atoms with Crippen molar-refractivity contribution in [2.24, 2.45) is 0 Å². The Balaban J connectivity index is 2.10. The molecule has 9 heteroatoms. The lowest BCUT2D eigenvalue weighted by molar-refractivity contribution is -0.385. The predicted molar refractivity (Wildman–Crippen MR) is 82.7 cm³/mol. The molecule has 0 spiro atoms. The van der Waals surface area contributed by atoms with Gasteiger partial charge in [-0.25, -0.2) is 9.97 Å². The molecule has 0 aliphatic carbocycles. The third-order valence-electron chi connectivity index (χ3n) is 3.26. The summed E-state index contributed by atoms with van der Waals surface area (Å²) in [5.74, 6) is 0.394. The number of aromatic nitrogens is 2. The summed E-state index contributed by atoms with van der Waals surface area (Å²) in [5.41, 5.74) is 6.73. The number of nitrogen functional groups attached to an aromatic ring is 1. The summed E-state index contributed by atoms with van der Waals surface area (Å²) in [6.45, 7) is 0. The summed E-state index contributed by atoms with van der Waals surface area (Å²) >= 11 is 0. The van der Waals surface area contributed by atoms with Crippen molar-refractivity contribution in [1.29, 1.82) is 0 Å². The molecule has 3 rings (SSSR count). The third kappa shape index (κ3) is 2.62. The fourth-order valence-electron chi connectivity index (χ4n) is 2.11. The number of nitro benzene ring substituents is 2. The zero-order chi connectivity index (χ0) is 16.6. The Labute approximate surface area is 128 Å². The SMILES string of the molecule is Nc1nc(-c2ccc([N+](=O)[O-])cc2)nc2ccc([N+](=O)[O-])cc12. The van der Waals surface area contributed by atoms with Crippen molar-refractivity contribution in [2.45, 2.75) is 0 Å². The number of anilines is 1. The monoisotopic (exact) mass is 311 g/mol. The van der Waals surface area contributed by atoms with E-state index in [1.54, 1.807) is 0 Å². The van der Waals surface area contributed by atoms with E-state index in [9.17, 15) is 20.2 Å². The average molecular weight is 311 g/mol. The van der Waals surface area contributed by atoms with E-state index >= 15 is 0 Å². The highest BCUT2D eigenvalue weighted by Crippen LogP contribution is 2.27. The number of rotatable bonds is 3. The van der Waals surface area contributed by atoms with Crippen LogP contribution in [0.15, 0.2) is 42.5 Å². The van der Waals surface area contributed by atoms with Crippen molar-refractivity contribution in [1.82, 2.24) is 9.97 Å². The summed E-state index contributed by atoms with van der Waals surface area (Å²) in [7, 11) is 0. The second-order valence-electron chi connectivity index (χ2n) is 4.69. The maximum Gasteiger partial charge on any atom is 0.270 e. The molecule has 114 valence electrons. The molecule has 1 heterocycles. The molecule has 0 unspecified atom stereocenters. The van der Waals surface area contributed by atoms with Crippen LogP contribution >= 0.6 is 0 Å². The molecular weight excluding hydrogens is 302 g/mol. The zero-order valence-corrected chi connectivity index (χ0v) is 11.5. The quantitative estimate of drug-likeness (QED) is 0.579. The van der Waals surface area contributed by atoms with Crippen LogP contribution in [0.5, 0.6) is 0 Å². The van der Waals surface area contributed by atoms with Crippen molar-refractivity contribution in [2.75, 3.05) is 5.73 Å². The van der Waals surface area contributed by atoms with Crippen molar-refractivity contribution in [3.8, 4) is 11.4 Å². The maximum absolute atomic E-state index is 10.8. The van der Waals surface area contributed by atoms with Gasteiger partial charge in [0.1, 0.15) is 5.82 Å². The van der Waals surface area contributed by atoms with Crippen LogP contribution in [0, 0.1) is 20.2 Å². The van der Waals surface area contributed by atoms with Gasteiger partial charge in [-0.05, 0) is 18.2 Å². The van der Waals surface area contributed by atoms with Crippen LogP contribution in [0.25, 0.3) is 22.3 Å². The third-order valence-corrected chi connectivity index (χ3v) is 3.26. The number of nitrogens with two attached hydrogens (primary N) is 1. The number of nitrogens with zero attached hydrogens (tertiary/aromatic N) is 4. The number of fused-ring (bicyclic) bond motifs is 1. The molecule has 0 bridgehead atoms. The van der Waals surface area contributed by atoms with Gasteiger partial charge in [-0.15, -0.1) is 0 Å². The minimum atomic E-state index is -0.525. The van der Waals surface area contributed by atoms with Gasteiger partial charge in [0.2, 0.25) is 0 Å². The first kappa shape index (κ1) is 14.3. The first-order valence-corrected chi connectivity index (χ1v) is 6.42. The van der Waals surface area contributed by atoms with Gasteiger partial charge in [-0.2, -0.15) is 0 Å². The number of non-ortho nitro benzene ring substituents is 2. The molecule has 2 N–H and O–H groups in total. The van der Waals surface area contributed by atoms with E-state index in [4.69, 9.17) is 5.73 Å². The highest BCUT2D eigenvalue weighted by Gasteiger charge is 2.13. The molecule has 0 aliphatic rings. The molecule has 23 heavy (non-hydrogen) atoms. The largest absolute Gasteiger partial charge is 0.383 e. The zero-order valence-electron chi connectivity index (χ0n) is 11.5. The van der Waals surface area contributed by atoms with Crippen LogP contribution in [-0.2, 0) is 0 Å². The molecule has 3 aromatic rings. The maximum atomic E-state index is 10.8. The van der Waals surface area contributed by atoms with Crippen molar-refractivity contribution in [3.63, 3.8) is 0 Å². The average Bonchev–Trinajstić information content (AvgIpc) is 2.54. The molecule has 0 radical (unpaired) electrons. The fraction of sp³-hybridized carbons (Fsp3) is 0. The predicted octanol–water partition coefficient (Wildman–Crippen LogP) is 2.70. The van der Waals surface area contributed by atoms with Gasteiger partial charge in [0.15, 0.2) is 5.82 Å². The van der Waals surface area contributed by atoms with Gasteiger partial charge in [0.25, 0.3) is 11.4 Å². The normalized spacial score (nSPS) is 10.6. The van der Waals surface area contributed by atoms with Crippen LogP contribution in [0.4, 0.5) is 17.2 Å². The van der Waals surface area contributed by atoms with Crippen molar-refractivity contribution < 1.29 is 9.85 Å². The van der Waals surface area contributed by atoms with Crippen LogP contribution in [0.1, 0.15) is 0 Å². The Morgan fingerprint density at radius 3 is 2.09 bits per heavy atom. The van der Waals surface area contributed by atoms with Crippen LogP contribution < -0.4 is 5.73 Å². The van der Waals surface area contributed by atoms with E-state index in [0.29, 0.717) is 22.3 Å². The van der Waals surface area contributed by atoms with Crippen molar-refractivity contribution >= 4 is 28.1 Å². The Kier molecular flexibility index (Phi) is 3.30. The van der Waals surface area contributed by atoms with Crippen LogP contribution in [0.2, 0.25) is 0 Å². The van der Waals surface area contributed by atoms with Crippen LogP contribution in [0.3, 0.4) is 0 Å². The van der Waals surface area contributed by atoms with Crippen LogP contribution in [-0.4, -0.2) is 19.8 Å². The lowest BCUT2D eigenvalue weighted by atomic mass is 10.1. The van der Waals surface area contributed by atoms with E-state index in [-0.39, 0.29) is 17.2 Å². The van der Waals surface area contributed by atoms with Gasteiger partial charge in [-0.3, -0.25) is 20.2 Å². The number of hydrogen-bond donors (Lipinski definition) is 1. The van der Waals surface area contributed by atoms with E-state index in [1.165, 1.54) is 42.5 Å². The molecule has 0 aliphatic heterocycles. The standard InChI is InChI=1S/C14H9N5O4/c15-13-11-7-10(19(22)23)5-6-12(11)16-14(17-13)8-1-3-9(4-2-8)18(20)21/h1-7H,(H2,15,16,17). The van der Waals surface area contributed by atoms with E-state index in [1.807, 2.05) is 0 Å². The Bertz CT molecular complexity index is 940. The molecule has 0 amide bonds. The lowest BCUT2D eigenvalue weighted by Crippen LogP contribution is -1.99. The molecule has 0 atom stereocenters. The molecule has 9 nitrogen and oxygen atoms in total. The van der Waals surface area contributed by atoms with E-state index < -0.39 is 9.85 Å². The molecular formula is C14H9N5O4. The van der Waals surface area contributed by atoms with Gasteiger partial charge in [-0.1, -0.05) is 0 Å². The topological polar surface area (TPSA) is 138 Å². The van der Waals surface area contributed by atoms with Gasteiger partial charge in [0.05, 0.1) is 15.4 Å². The van der Waals surface area contributed by atoms with Crippen molar-refractivity contribution in [3.05, 3.63) is 62.7 Å². The Morgan fingerprint density at radius 2 is 1.48 bits per heavy atom. The minimum absolute atomic E-state index is 0.0434. The number of hydrogen-bond acceptors (Lipinski definition) is 7. The minimum Gasteiger partial charge on any atom is -0.383 e. The van der Waals surface area contributed by atoms with E-state index in [0.717, 1.165) is 0 Å². The summed E-state index contributed by atoms with van der Waals surface area (Å²) in [6, 6.07) is 9.84. The van der Waals surface area contributed by atoms with Gasteiger partial charge < -0.3 is 5.73 Å². The summed E-state index contributed by atoms with van der Waals surface area (Å²) in [5, 5.41) is 21.8. The fourth-order valence-corrected chi connectivity index (χ4v) is 2.11. The summed E-state index contributed by atoms with van der Waals surface area (Å²) in [6.07, 6.45) is 0. The summed E-state index contributed by atoms with van der Waals surface area (Å²) < 4.78 is 0. The van der Waals surface area contributed by atoms with E-state index in [2.05, 4.69) is 9.97 Å². The molecule has 0 saturated heterocycles. The second-order valence-corrected chi connectivity index (χ2v) is 4.69. The second kappa shape index (κ2) is 5.30. The first-order valence-electron chi connectivity index (χ1n) is 6.42. The highest BCUT2D eigenvalue weighted by molar-refractivity contribution is 5.91. The molecule has 0 fully saturated rings. The smallest absolute Gasteiger partial charge is 0.270 e. The van der Waals surface area contributed by atoms with Gasteiger partial charge >= 0.3 is 0 Å². The molecule has 1 aromatic heterocycles. The number of nitro groups is 2.